The van der Waals surface area contributed by atoms with E-state index in [2.05, 4.69) is 207 Å². The van der Waals surface area contributed by atoms with Gasteiger partial charge in [0.15, 0.2) is 0 Å². The fourth-order valence-electron chi connectivity index (χ4n) is 10.7. The Kier molecular flexibility index (Phi) is 6.43. The Balaban J connectivity index is 1.19. The molecule has 0 fully saturated rings. The van der Waals surface area contributed by atoms with Gasteiger partial charge in [-0.1, -0.05) is 123 Å². The largest absolute Gasteiger partial charge is 0.317 e. The van der Waals surface area contributed by atoms with Gasteiger partial charge >= 0.3 is 0 Å². The van der Waals surface area contributed by atoms with Gasteiger partial charge in [0.2, 0.25) is 0 Å². The van der Waals surface area contributed by atoms with Crippen LogP contribution in [-0.2, 0) is 5.41 Å². The summed E-state index contributed by atoms with van der Waals surface area (Å²) in [5.41, 5.74) is 20.7. The van der Waals surface area contributed by atoms with Crippen molar-refractivity contribution in [2.45, 2.75) is 51.6 Å². The third kappa shape index (κ3) is 4.09. The first-order chi connectivity index (χ1) is 26.2. The molecule has 0 saturated carbocycles. The molecule has 0 atom stereocenters. The van der Waals surface area contributed by atoms with Crippen molar-refractivity contribution in [3.05, 3.63) is 191 Å². The van der Waals surface area contributed by atoms with Crippen molar-refractivity contribution in [1.82, 2.24) is 0 Å². The van der Waals surface area contributed by atoms with Crippen molar-refractivity contribution < 1.29 is 0 Å². The summed E-state index contributed by atoms with van der Waals surface area (Å²) in [5, 5.41) is 0. The second-order valence-corrected chi connectivity index (χ2v) is 16.6. The predicted molar refractivity (Wildman–Crippen MR) is 228 cm³/mol. The molecular formula is C50H42BN3. The highest BCUT2D eigenvalue weighted by Crippen LogP contribution is 2.55. The Morgan fingerprint density at radius 3 is 1.80 bits per heavy atom. The molecule has 0 amide bonds. The van der Waals surface area contributed by atoms with Gasteiger partial charge in [0.25, 0.3) is 6.71 Å². The maximum absolute atomic E-state index is 2.63. The summed E-state index contributed by atoms with van der Waals surface area (Å²) in [7, 11) is 0. The molecule has 4 aliphatic rings. The highest BCUT2D eigenvalue weighted by Gasteiger charge is 2.53. The Bertz CT molecular complexity index is 2610. The van der Waals surface area contributed by atoms with Crippen LogP contribution in [0.15, 0.2) is 158 Å². The van der Waals surface area contributed by atoms with Gasteiger partial charge in [0, 0.05) is 39.8 Å². The molecule has 0 radical (unpaired) electrons. The molecule has 0 spiro atoms. The first-order valence-electron chi connectivity index (χ1n) is 19.4. The molecule has 3 heterocycles. The maximum atomic E-state index is 2.63. The molecule has 3 nitrogen and oxygen atoms in total. The van der Waals surface area contributed by atoms with Crippen molar-refractivity contribution in [1.29, 1.82) is 0 Å². The highest BCUT2D eigenvalue weighted by atomic mass is 15.5. The third-order valence-corrected chi connectivity index (χ3v) is 12.8. The first-order valence-corrected chi connectivity index (χ1v) is 19.4. The number of aryl methyl sites for hydroxylation is 1. The van der Waals surface area contributed by atoms with E-state index in [1.165, 1.54) is 89.6 Å². The first kappa shape index (κ1) is 31.5. The standard InChI is InChI=1S/C50H42BN3/c1-32-29-44-47-45(30-32)54-48-41(25-16-26-42(48)53(50(54,4)5)35-19-10-7-11-20-35)51(47)40-28-27-33(31-43(40)52(44)34-17-8-6-9-18-34)46-36-21-12-14-23-38(36)49(2,3)39-24-15-13-22-37(39)46/h6-31,46H,1-5H3. The van der Waals surface area contributed by atoms with Crippen LogP contribution < -0.4 is 31.1 Å². The number of hydrogen-bond acceptors (Lipinski definition) is 3. The minimum Gasteiger partial charge on any atom is -0.317 e. The predicted octanol–water partition coefficient (Wildman–Crippen LogP) is 10.5. The number of fused-ring (bicyclic) bond motifs is 6. The summed E-state index contributed by atoms with van der Waals surface area (Å²) in [5.74, 6) is 0.130. The van der Waals surface area contributed by atoms with E-state index in [-0.39, 0.29) is 23.7 Å². The molecular weight excluding hydrogens is 653 g/mol. The SMILES string of the molecule is Cc1cc2c3c(c1)N1c4c(cccc4N(c4ccccc4)C1(C)C)B3c1ccc(C3c4ccccc4C(C)(C)c4ccccc43)cc1N2c1ccccc1. The number of anilines is 7. The topological polar surface area (TPSA) is 9.72 Å². The van der Waals surface area contributed by atoms with Crippen molar-refractivity contribution in [2.24, 2.45) is 0 Å². The molecule has 11 rings (SSSR count). The highest BCUT2D eigenvalue weighted by molar-refractivity contribution is 7.00. The Hall–Kier alpha value is -6.00. The van der Waals surface area contributed by atoms with Crippen molar-refractivity contribution >= 4 is 62.9 Å². The molecule has 3 aliphatic heterocycles. The van der Waals surface area contributed by atoms with Crippen molar-refractivity contribution in [3.63, 3.8) is 0 Å². The Morgan fingerprint density at radius 2 is 1.11 bits per heavy atom. The monoisotopic (exact) mass is 695 g/mol. The molecule has 7 aromatic carbocycles. The van der Waals surface area contributed by atoms with E-state index in [9.17, 15) is 0 Å². The summed E-state index contributed by atoms with van der Waals surface area (Å²) >= 11 is 0. The lowest BCUT2D eigenvalue weighted by molar-refractivity contribution is 0.541. The Labute approximate surface area is 319 Å². The van der Waals surface area contributed by atoms with Crippen LogP contribution in [0.1, 0.15) is 67.0 Å². The normalized spacial score (nSPS) is 16.7. The lowest BCUT2D eigenvalue weighted by Crippen LogP contribution is -2.63. The lowest BCUT2D eigenvalue weighted by Gasteiger charge is -2.47. The number of nitrogens with zero attached hydrogens (tertiary/aromatic N) is 3. The fraction of sp³-hybridized carbons (Fsp3) is 0.160. The molecule has 0 bridgehead atoms. The summed E-state index contributed by atoms with van der Waals surface area (Å²) in [4.78, 5) is 7.72. The second-order valence-electron chi connectivity index (χ2n) is 16.6. The van der Waals surface area contributed by atoms with E-state index < -0.39 is 0 Å². The quantitative estimate of drug-likeness (QED) is 0.170. The van der Waals surface area contributed by atoms with Crippen LogP contribution in [0.4, 0.5) is 39.8 Å². The van der Waals surface area contributed by atoms with E-state index in [1.807, 2.05) is 0 Å². The van der Waals surface area contributed by atoms with Gasteiger partial charge in [-0.05, 0) is 119 Å². The smallest absolute Gasteiger partial charge is 0.252 e. The molecule has 7 aromatic rings. The van der Waals surface area contributed by atoms with Gasteiger partial charge < -0.3 is 14.7 Å². The fourth-order valence-corrected chi connectivity index (χ4v) is 10.7. The van der Waals surface area contributed by atoms with Crippen LogP contribution in [0, 0.1) is 6.92 Å². The van der Waals surface area contributed by atoms with Gasteiger partial charge in [-0.2, -0.15) is 0 Å². The minimum atomic E-state index is -0.344. The average molecular weight is 696 g/mol. The van der Waals surface area contributed by atoms with Gasteiger partial charge in [-0.25, -0.2) is 0 Å². The third-order valence-electron chi connectivity index (χ3n) is 12.8. The molecule has 0 aromatic heterocycles. The Morgan fingerprint density at radius 1 is 0.500 bits per heavy atom. The summed E-state index contributed by atoms with van der Waals surface area (Å²) in [6, 6.07) is 59.4. The van der Waals surface area contributed by atoms with Gasteiger partial charge in [-0.3, -0.25) is 0 Å². The van der Waals surface area contributed by atoms with Gasteiger partial charge in [0.05, 0.1) is 11.4 Å². The second kappa shape index (κ2) is 11.0. The van der Waals surface area contributed by atoms with Crippen molar-refractivity contribution in [2.75, 3.05) is 14.7 Å². The number of rotatable bonds is 3. The molecule has 0 unspecified atom stereocenters. The summed E-state index contributed by atoms with van der Waals surface area (Å²) in [6.07, 6.45) is 0. The molecule has 0 saturated heterocycles. The molecule has 0 N–H and O–H groups in total. The van der Waals surface area contributed by atoms with E-state index in [0.29, 0.717) is 0 Å². The van der Waals surface area contributed by atoms with Gasteiger partial charge in [-0.15, -0.1) is 0 Å². The van der Waals surface area contributed by atoms with Crippen LogP contribution in [0.25, 0.3) is 0 Å². The van der Waals surface area contributed by atoms with Crippen molar-refractivity contribution in [3.8, 4) is 0 Å². The zero-order chi connectivity index (χ0) is 36.5. The zero-order valence-electron chi connectivity index (χ0n) is 31.5. The number of benzene rings is 7. The van der Waals surface area contributed by atoms with Crippen LogP contribution in [0.2, 0.25) is 0 Å². The molecule has 1 aliphatic carbocycles. The van der Waals surface area contributed by atoms with Gasteiger partial charge in [0.1, 0.15) is 5.66 Å². The number of para-hydroxylation sites is 3. The minimum absolute atomic E-state index is 0.0795. The van der Waals surface area contributed by atoms with E-state index in [4.69, 9.17) is 0 Å². The average Bonchev–Trinajstić information content (AvgIpc) is 3.43. The van der Waals surface area contributed by atoms with Crippen LogP contribution >= 0.6 is 0 Å². The van der Waals surface area contributed by atoms with E-state index in [0.717, 1.165) is 0 Å². The van der Waals surface area contributed by atoms with E-state index in [1.54, 1.807) is 0 Å². The molecule has 260 valence electrons. The van der Waals surface area contributed by atoms with Crippen LogP contribution in [0.3, 0.4) is 0 Å². The lowest BCUT2D eigenvalue weighted by atomic mass is 9.33. The molecule has 4 heteroatoms. The van der Waals surface area contributed by atoms with Crippen LogP contribution in [-0.4, -0.2) is 12.4 Å². The zero-order valence-corrected chi connectivity index (χ0v) is 31.5. The summed E-state index contributed by atoms with van der Waals surface area (Å²) in [6.45, 7) is 11.9. The molecule has 54 heavy (non-hydrogen) atoms. The maximum Gasteiger partial charge on any atom is 0.252 e. The van der Waals surface area contributed by atoms with Crippen LogP contribution in [0.5, 0.6) is 0 Å². The van der Waals surface area contributed by atoms with E-state index >= 15 is 0 Å². The number of hydrogen-bond donors (Lipinski definition) is 0. The summed E-state index contributed by atoms with van der Waals surface area (Å²) < 4.78 is 0.